The molecule has 1 aliphatic rings. The molecule has 6 heteroatoms. The summed E-state index contributed by atoms with van der Waals surface area (Å²) in [5.41, 5.74) is 1.18. The van der Waals surface area contributed by atoms with Crippen LogP contribution < -0.4 is 15.0 Å². The van der Waals surface area contributed by atoms with Gasteiger partial charge in [-0.1, -0.05) is 36.4 Å². The predicted octanol–water partition coefficient (Wildman–Crippen LogP) is 2.70. The minimum absolute atomic E-state index is 0.0217. The average Bonchev–Trinajstić information content (AvgIpc) is 2.77. The molecule has 2 aromatic rings. The van der Waals surface area contributed by atoms with Gasteiger partial charge in [0, 0.05) is 38.3 Å². The molecule has 1 fully saturated rings. The smallest absolute Gasteiger partial charge is 0.244 e. The molecule has 1 aliphatic heterocycles. The number of hydrogen-bond donors (Lipinski definition) is 1. The molecule has 1 atom stereocenters. The van der Waals surface area contributed by atoms with Gasteiger partial charge in [-0.2, -0.15) is 0 Å². The predicted molar refractivity (Wildman–Crippen MR) is 114 cm³/mol. The van der Waals surface area contributed by atoms with Crippen LogP contribution in [0.3, 0.4) is 0 Å². The summed E-state index contributed by atoms with van der Waals surface area (Å²) in [5, 5.41) is 2.82. The van der Waals surface area contributed by atoms with Gasteiger partial charge >= 0.3 is 0 Å². The Labute approximate surface area is 172 Å². The van der Waals surface area contributed by atoms with E-state index in [1.807, 2.05) is 53.4 Å². The molecule has 0 unspecified atom stereocenters. The Morgan fingerprint density at radius 2 is 1.59 bits per heavy atom. The lowest BCUT2D eigenvalue weighted by atomic mass is 10.2. The van der Waals surface area contributed by atoms with Crippen molar-refractivity contribution in [2.75, 3.05) is 37.7 Å². The molecule has 0 bridgehead atoms. The van der Waals surface area contributed by atoms with Gasteiger partial charge in [0.25, 0.3) is 0 Å². The lowest BCUT2D eigenvalue weighted by Crippen LogP contribution is -2.54. The van der Waals surface area contributed by atoms with Crippen molar-refractivity contribution in [1.29, 1.82) is 0 Å². The number of nitrogens with one attached hydrogen (secondary N) is 1. The van der Waals surface area contributed by atoms with Crippen molar-refractivity contribution in [2.45, 2.75) is 25.8 Å². The van der Waals surface area contributed by atoms with E-state index in [2.05, 4.69) is 22.3 Å². The van der Waals surface area contributed by atoms with Gasteiger partial charge in [-0.25, -0.2) is 0 Å². The van der Waals surface area contributed by atoms with E-state index in [-0.39, 0.29) is 11.8 Å². The number of benzene rings is 2. The molecule has 0 saturated carbocycles. The monoisotopic (exact) mass is 395 g/mol. The fraction of sp³-hybridized carbons (Fsp3) is 0.391. The minimum atomic E-state index is -0.513. The van der Waals surface area contributed by atoms with Crippen molar-refractivity contribution in [1.82, 2.24) is 10.2 Å². The molecule has 1 heterocycles. The van der Waals surface area contributed by atoms with E-state index < -0.39 is 6.04 Å². The molecule has 29 heavy (non-hydrogen) atoms. The van der Waals surface area contributed by atoms with E-state index >= 15 is 0 Å². The molecule has 0 spiro atoms. The van der Waals surface area contributed by atoms with Crippen LogP contribution in [0.2, 0.25) is 0 Å². The highest BCUT2D eigenvalue weighted by Crippen LogP contribution is 2.16. The highest BCUT2D eigenvalue weighted by Gasteiger charge is 2.25. The molecule has 2 aromatic carbocycles. The van der Waals surface area contributed by atoms with Crippen LogP contribution in [0.1, 0.15) is 19.8 Å². The second-order valence-electron chi connectivity index (χ2n) is 7.20. The van der Waals surface area contributed by atoms with E-state index in [9.17, 15) is 9.59 Å². The Morgan fingerprint density at radius 3 is 2.24 bits per heavy atom. The van der Waals surface area contributed by atoms with Gasteiger partial charge in [0.05, 0.1) is 6.61 Å². The Bertz CT molecular complexity index is 774. The number of nitrogens with zero attached hydrogens (tertiary/aromatic N) is 2. The van der Waals surface area contributed by atoms with Crippen LogP contribution in [-0.2, 0) is 9.59 Å². The van der Waals surface area contributed by atoms with Crippen molar-refractivity contribution in [3.63, 3.8) is 0 Å². The van der Waals surface area contributed by atoms with E-state index in [0.717, 1.165) is 18.8 Å². The number of carbonyl (C=O) groups excluding carboxylic acids is 2. The maximum atomic E-state index is 12.7. The van der Waals surface area contributed by atoms with E-state index in [1.54, 1.807) is 6.92 Å². The van der Waals surface area contributed by atoms with Crippen LogP contribution in [0.5, 0.6) is 5.75 Å². The normalized spacial score (nSPS) is 14.9. The largest absolute Gasteiger partial charge is 0.494 e. The average molecular weight is 396 g/mol. The van der Waals surface area contributed by atoms with Crippen molar-refractivity contribution in [3.05, 3.63) is 60.7 Å². The van der Waals surface area contributed by atoms with Gasteiger partial charge in [0.1, 0.15) is 11.8 Å². The summed E-state index contributed by atoms with van der Waals surface area (Å²) in [7, 11) is 0. The lowest BCUT2D eigenvalue weighted by molar-refractivity contribution is -0.136. The lowest BCUT2D eigenvalue weighted by Gasteiger charge is -2.37. The summed E-state index contributed by atoms with van der Waals surface area (Å²) in [6.45, 7) is 5.16. The van der Waals surface area contributed by atoms with Gasteiger partial charge in [0.2, 0.25) is 11.8 Å². The summed E-state index contributed by atoms with van der Waals surface area (Å²) < 4.78 is 5.59. The number of ether oxygens (including phenoxy) is 1. The summed E-state index contributed by atoms with van der Waals surface area (Å²) in [4.78, 5) is 28.9. The molecule has 3 rings (SSSR count). The minimum Gasteiger partial charge on any atom is -0.494 e. The molecule has 154 valence electrons. The van der Waals surface area contributed by atoms with Crippen LogP contribution >= 0.6 is 0 Å². The molecule has 1 saturated heterocycles. The van der Waals surface area contributed by atoms with E-state index in [0.29, 0.717) is 32.5 Å². The maximum Gasteiger partial charge on any atom is 0.244 e. The Hall–Kier alpha value is -3.02. The van der Waals surface area contributed by atoms with Gasteiger partial charge in [-0.05, 0) is 37.6 Å². The molecule has 0 radical (unpaired) electrons. The van der Waals surface area contributed by atoms with Gasteiger partial charge in [-0.3, -0.25) is 9.59 Å². The van der Waals surface area contributed by atoms with Crippen LogP contribution in [0.15, 0.2) is 60.7 Å². The second kappa shape index (κ2) is 10.5. The summed E-state index contributed by atoms with van der Waals surface area (Å²) in [6.07, 6.45) is 0.948. The second-order valence-corrected chi connectivity index (χ2v) is 7.20. The van der Waals surface area contributed by atoms with Gasteiger partial charge in [0.15, 0.2) is 0 Å². The number of carbonyl (C=O) groups is 2. The van der Waals surface area contributed by atoms with E-state index in [1.165, 1.54) is 5.69 Å². The topological polar surface area (TPSA) is 61.9 Å². The number of anilines is 1. The SMILES string of the molecule is C[C@@H](NC(=O)CCCOc1ccccc1)C(=O)N1CCN(c2ccccc2)CC1. The number of para-hydroxylation sites is 2. The van der Waals surface area contributed by atoms with Crippen LogP contribution in [0, 0.1) is 0 Å². The van der Waals surface area contributed by atoms with E-state index in [4.69, 9.17) is 4.74 Å². The molecular weight excluding hydrogens is 366 g/mol. The third kappa shape index (κ3) is 6.24. The number of hydrogen-bond acceptors (Lipinski definition) is 4. The van der Waals surface area contributed by atoms with Crippen molar-refractivity contribution < 1.29 is 14.3 Å². The molecule has 2 amide bonds. The number of piperazine rings is 1. The zero-order valence-electron chi connectivity index (χ0n) is 16.9. The van der Waals surface area contributed by atoms with Crippen molar-refractivity contribution in [3.8, 4) is 5.75 Å². The van der Waals surface area contributed by atoms with Gasteiger partial charge < -0.3 is 19.9 Å². The molecule has 0 aromatic heterocycles. The Kier molecular flexibility index (Phi) is 7.50. The highest BCUT2D eigenvalue weighted by molar-refractivity contribution is 5.87. The fourth-order valence-corrected chi connectivity index (χ4v) is 3.41. The molecular formula is C23H29N3O3. The van der Waals surface area contributed by atoms with Crippen LogP contribution in [-0.4, -0.2) is 55.5 Å². The first-order valence-corrected chi connectivity index (χ1v) is 10.2. The third-order valence-electron chi connectivity index (χ3n) is 5.02. The first kappa shape index (κ1) is 20.7. The standard InChI is InChI=1S/C23H29N3O3/c1-19(24-22(27)13-8-18-29-21-11-6-3-7-12-21)23(28)26-16-14-25(15-17-26)20-9-4-2-5-10-20/h2-7,9-12,19H,8,13-18H2,1H3,(H,24,27)/t19-/m1/s1. The maximum absolute atomic E-state index is 12.7. The Balaban J connectivity index is 1.35. The molecule has 6 nitrogen and oxygen atoms in total. The third-order valence-corrected chi connectivity index (χ3v) is 5.02. The number of rotatable bonds is 8. The number of amides is 2. The zero-order chi connectivity index (χ0) is 20.5. The Morgan fingerprint density at radius 1 is 0.966 bits per heavy atom. The summed E-state index contributed by atoms with van der Waals surface area (Å²) >= 11 is 0. The first-order valence-electron chi connectivity index (χ1n) is 10.2. The quantitative estimate of drug-likeness (QED) is 0.698. The zero-order valence-corrected chi connectivity index (χ0v) is 16.9. The summed E-state index contributed by atoms with van der Waals surface area (Å²) in [6, 6.07) is 19.2. The fourth-order valence-electron chi connectivity index (χ4n) is 3.41. The van der Waals surface area contributed by atoms with Crippen LogP contribution in [0.25, 0.3) is 0 Å². The first-order chi connectivity index (χ1) is 14.1. The summed E-state index contributed by atoms with van der Waals surface area (Å²) in [5.74, 6) is 0.656. The highest BCUT2D eigenvalue weighted by atomic mass is 16.5. The van der Waals surface area contributed by atoms with Crippen molar-refractivity contribution >= 4 is 17.5 Å². The van der Waals surface area contributed by atoms with Crippen molar-refractivity contribution in [2.24, 2.45) is 0 Å². The van der Waals surface area contributed by atoms with Crippen LogP contribution in [0.4, 0.5) is 5.69 Å². The van der Waals surface area contributed by atoms with Gasteiger partial charge in [-0.15, -0.1) is 0 Å². The molecule has 1 N–H and O–H groups in total. The molecule has 0 aliphatic carbocycles.